The second kappa shape index (κ2) is 4.60. The Morgan fingerprint density at radius 1 is 1.57 bits per heavy atom. The van der Waals surface area contributed by atoms with E-state index in [0.717, 1.165) is 0 Å². The molecule has 0 aliphatic rings. The fraction of sp³-hybridized carbons (Fsp3) is 0.300. The minimum atomic E-state index is -1.66. The topological polar surface area (TPSA) is 52.3 Å². The number of carbonyl (C=O) groups excluding carboxylic acids is 1. The molecule has 0 heterocycles. The lowest BCUT2D eigenvalue weighted by atomic mass is 10.1. The van der Waals surface area contributed by atoms with E-state index in [0.29, 0.717) is 11.3 Å². The molecule has 0 fully saturated rings. The van der Waals surface area contributed by atoms with Gasteiger partial charge >= 0.3 is 0 Å². The van der Waals surface area contributed by atoms with Crippen molar-refractivity contribution < 1.29 is 13.9 Å². The van der Waals surface area contributed by atoms with Crippen LogP contribution in [0.15, 0.2) is 24.3 Å². The summed E-state index contributed by atoms with van der Waals surface area (Å²) in [6.45, 7) is 0. The number of nitrogens with two attached hydrogens (primary N) is 1. The number of hydrogen-bond donors (Lipinski definition) is 1. The smallest absolute Gasteiger partial charge is 0.252 e. The van der Waals surface area contributed by atoms with Crippen LogP contribution in [0, 0.1) is 0 Å². The highest BCUT2D eigenvalue weighted by Crippen LogP contribution is 2.19. The number of carbonyl (C=O) groups is 1. The molecule has 3 nitrogen and oxygen atoms in total. The molecule has 1 atom stereocenters. The maximum absolute atomic E-state index is 13.0. The highest BCUT2D eigenvalue weighted by molar-refractivity contribution is 5.79. The molecular formula is C10H12FNO2. The van der Waals surface area contributed by atoms with Crippen LogP contribution >= 0.6 is 0 Å². The fourth-order valence-corrected chi connectivity index (χ4v) is 1.17. The van der Waals surface area contributed by atoms with Gasteiger partial charge in [-0.2, -0.15) is 0 Å². The normalized spacial score (nSPS) is 12.1. The van der Waals surface area contributed by atoms with Crippen molar-refractivity contribution in [2.24, 2.45) is 5.73 Å². The van der Waals surface area contributed by atoms with Crippen molar-refractivity contribution in [2.75, 3.05) is 7.11 Å². The predicted molar refractivity (Wildman–Crippen MR) is 50.8 cm³/mol. The zero-order valence-corrected chi connectivity index (χ0v) is 7.87. The average molecular weight is 197 g/mol. The van der Waals surface area contributed by atoms with E-state index in [-0.39, 0.29) is 6.42 Å². The van der Waals surface area contributed by atoms with Crippen LogP contribution in [0.4, 0.5) is 4.39 Å². The minimum absolute atomic E-state index is 0.0423. The molecule has 0 aliphatic heterocycles. The Hall–Kier alpha value is -1.58. The Labute approximate surface area is 81.7 Å². The Morgan fingerprint density at radius 3 is 2.79 bits per heavy atom. The number of halogens is 1. The van der Waals surface area contributed by atoms with E-state index in [1.165, 1.54) is 7.11 Å². The van der Waals surface area contributed by atoms with E-state index >= 15 is 0 Å². The second-order valence-electron chi connectivity index (χ2n) is 2.89. The van der Waals surface area contributed by atoms with E-state index in [2.05, 4.69) is 0 Å². The molecule has 0 spiro atoms. The molecule has 1 aromatic carbocycles. The minimum Gasteiger partial charge on any atom is -0.496 e. The van der Waals surface area contributed by atoms with Gasteiger partial charge in [0, 0.05) is 6.42 Å². The summed E-state index contributed by atoms with van der Waals surface area (Å²) in [6.07, 6.45) is -1.70. The largest absolute Gasteiger partial charge is 0.496 e. The molecule has 1 aromatic rings. The van der Waals surface area contributed by atoms with E-state index in [1.54, 1.807) is 24.3 Å². The van der Waals surface area contributed by atoms with Crippen LogP contribution in [0.5, 0.6) is 5.75 Å². The summed E-state index contributed by atoms with van der Waals surface area (Å²) in [4.78, 5) is 10.5. The molecular weight excluding hydrogens is 185 g/mol. The zero-order chi connectivity index (χ0) is 10.6. The van der Waals surface area contributed by atoms with Crippen molar-refractivity contribution in [1.29, 1.82) is 0 Å². The zero-order valence-electron chi connectivity index (χ0n) is 7.87. The Balaban J connectivity index is 2.80. The van der Waals surface area contributed by atoms with Gasteiger partial charge in [-0.15, -0.1) is 0 Å². The van der Waals surface area contributed by atoms with E-state index in [1.807, 2.05) is 0 Å². The van der Waals surface area contributed by atoms with Crippen LogP contribution in [0.1, 0.15) is 5.56 Å². The molecule has 1 amide bonds. The molecule has 0 saturated heterocycles. The number of primary amides is 1. The van der Waals surface area contributed by atoms with Crippen LogP contribution in [-0.2, 0) is 11.2 Å². The first kappa shape index (κ1) is 10.5. The summed E-state index contributed by atoms with van der Waals surface area (Å²) in [6, 6.07) is 6.95. The molecule has 1 unspecified atom stereocenters. The van der Waals surface area contributed by atoms with Crippen LogP contribution in [0.2, 0.25) is 0 Å². The summed E-state index contributed by atoms with van der Waals surface area (Å²) in [5.41, 5.74) is 5.46. The molecule has 0 aromatic heterocycles. The number of rotatable bonds is 4. The third-order valence-corrected chi connectivity index (χ3v) is 1.90. The van der Waals surface area contributed by atoms with Crippen molar-refractivity contribution >= 4 is 5.91 Å². The maximum atomic E-state index is 13.0. The molecule has 0 aliphatic carbocycles. The van der Waals surface area contributed by atoms with Crippen molar-refractivity contribution in [3.05, 3.63) is 29.8 Å². The summed E-state index contributed by atoms with van der Waals surface area (Å²) >= 11 is 0. The SMILES string of the molecule is COc1ccccc1CC(F)C(N)=O. The van der Waals surface area contributed by atoms with E-state index < -0.39 is 12.1 Å². The van der Waals surface area contributed by atoms with Gasteiger partial charge in [0.2, 0.25) is 0 Å². The highest BCUT2D eigenvalue weighted by Gasteiger charge is 2.15. The monoisotopic (exact) mass is 197 g/mol. The van der Waals surface area contributed by atoms with Crippen molar-refractivity contribution in [3.63, 3.8) is 0 Å². The van der Waals surface area contributed by atoms with Gasteiger partial charge in [0.25, 0.3) is 5.91 Å². The molecule has 2 N–H and O–H groups in total. The summed E-state index contributed by atoms with van der Waals surface area (Å²) < 4.78 is 18.0. The quantitative estimate of drug-likeness (QED) is 0.784. The van der Waals surface area contributed by atoms with E-state index in [4.69, 9.17) is 10.5 Å². The lowest BCUT2D eigenvalue weighted by molar-refractivity contribution is -0.122. The standard InChI is InChI=1S/C10H12FNO2/c1-14-9-5-3-2-4-7(9)6-8(11)10(12)13/h2-5,8H,6H2,1H3,(H2,12,13). The lowest BCUT2D eigenvalue weighted by Crippen LogP contribution is -2.26. The van der Waals surface area contributed by atoms with E-state index in [9.17, 15) is 9.18 Å². The van der Waals surface area contributed by atoms with Gasteiger partial charge < -0.3 is 10.5 Å². The summed E-state index contributed by atoms with van der Waals surface area (Å²) in [5.74, 6) is -0.382. The van der Waals surface area contributed by atoms with Crippen molar-refractivity contribution in [3.8, 4) is 5.75 Å². The molecule has 1 rings (SSSR count). The fourth-order valence-electron chi connectivity index (χ4n) is 1.17. The molecule has 0 saturated carbocycles. The van der Waals surface area contributed by atoms with Gasteiger partial charge in [-0.3, -0.25) is 4.79 Å². The van der Waals surface area contributed by atoms with Crippen LogP contribution in [-0.4, -0.2) is 19.2 Å². The first-order valence-electron chi connectivity index (χ1n) is 4.20. The van der Waals surface area contributed by atoms with Gasteiger partial charge in [-0.25, -0.2) is 4.39 Å². The third-order valence-electron chi connectivity index (χ3n) is 1.90. The molecule has 76 valence electrons. The van der Waals surface area contributed by atoms with Crippen LogP contribution in [0.3, 0.4) is 0 Å². The number of hydrogen-bond acceptors (Lipinski definition) is 2. The third kappa shape index (κ3) is 2.45. The predicted octanol–water partition coefficient (Wildman–Crippen LogP) is 1.06. The molecule has 14 heavy (non-hydrogen) atoms. The first-order valence-corrected chi connectivity index (χ1v) is 4.20. The Bertz CT molecular complexity index is 328. The molecule has 0 radical (unpaired) electrons. The first-order chi connectivity index (χ1) is 6.65. The number of benzene rings is 1. The van der Waals surface area contributed by atoms with Gasteiger partial charge in [-0.05, 0) is 11.6 Å². The van der Waals surface area contributed by atoms with Gasteiger partial charge in [0.15, 0.2) is 6.17 Å². The number of amides is 1. The second-order valence-corrected chi connectivity index (χ2v) is 2.89. The van der Waals surface area contributed by atoms with Crippen LogP contribution < -0.4 is 10.5 Å². The lowest BCUT2D eigenvalue weighted by Gasteiger charge is -2.08. The molecule has 0 bridgehead atoms. The Morgan fingerprint density at radius 2 is 2.21 bits per heavy atom. The van der Waals surface area contributed by atoms with Gasteiger partial charge in [0.1, 0.15) is 5.75 Å². The van der Waals surface area contributed by atoms with Crippen LogP contribution in [0.25, 0.3) is 0 Å². The van der Waals surface area contributed by atoms with Crippen molar-refractivity contribution in [2.45, 2.75) is 12.6 Å². The van der Waals surface area contributed by atoms with Crippen molar-refractivity contribution in [1.82, 2.24) is 0 Å². The number of methoxy groups -OCH3 is 1. The Kier molecular flexibility index (Phi) is 3.45. The summed E-state index contributed by atoms with van der Waals surface area (Å²) in [7, 11) is 1.50. The number of alkyl halides is 1. The average Bonchev–Trinajstić information content (AvgIpc) is 2.18. The highest BCUT2D eigenvalue weighted by atomic mass is 19.1. The maximum Gasteiger partial charge on any atom is 0.252 e. The number of para-hydroxylation sites is 1. The van der Waals surface area contributed by atoms with Gasteiger partial charge in [0.05, 0.1) is 7.11 Å². The summed E-state index contributed by atoms with van der Waals surface area (Å²) in [5, 5.41) is 0. The molecule has 4 heteroatoms. The number of ether oxygens (including phenoxy) is 1. The van der Waals surface area contributed by atoms with Gasteiger partial charge in [-0.1, -0.05) is 18.2 Å².